The van der Waals surface area contributed by atoms with Crippen molar-refractivity contribution in [3.05, 3.63) is 51.9 Å². The predicted molar refractivity (Wildman–Crippen MR) is 102 cm³/mol. The van der Waals surface area contributed by atoms with Crippen LogP contribution in [-0.2, 0) is 18.4 Å². The van der Waals surface area contributed by atoms with Gasteiger partial charge in [-0.1, -0.05) is 46.2 Å². The quantitative estimate of drug-likeness (QED) is 0.759. The summed E-state index contributed by atoms with van der Waals surface area (Å²) in [6.45, 7) is 9.82. The molecule has 0 amide bonds. The Kier molecular flexibility index (Phi) is 5.35. The zero-order valence-corrected chi connectivity index (χ0v) is 16.1. The minimum atomic E-state index is -0.186. The molecule has 1 aromatic heterocycles. The number of aromatic nitrogens is 2. The largest absolute Gasteiger partial charge is 0.490 e. The van der Waals surface area contributed by atoms with Crippen molar-refractivity contribution >= 4 is 0 Å². The maximum Gasteiger partial charge on any atom is 0.300 e. The zero-order valence-electron chi connectivity index (χ0n) is 16.1. The highest BCUT2D eigenvalue weighted by Gasteiger charge is 2.25. The monoisotopic (exact) mass is 356 g/mol. The highest BCUT2D eigenvalue weighted by molar-refractivity contribution is 5.31. The van der Waals surface area contributed by atoms with Crippen LogP contribution in [0.1, 0.15) is 51.7 Å². The van der Waals surface area contributed by atoms with Crippen molar-refractivity contribution in [2.45, 2.75) is 65.0 Å². The molecule has 1 aliphatic heterocycles. The molecular weight excluding hydrogens is 328 g/mol. The van der Waals surface area contributed by atoms with Gasteiger partial charge in [0.1, 0.15) is 12.4 Å². The molecule has 0 saturated heterocycles. The van der Waals surface area contributed by atoms with Crippen molar-refractivity contribution in [3.8, 4) is 11.8 Å². The Balaban J connectivity index is 1.60. The van der Waals surface area contributed by atoms with E-state index in [0.29, 0.717) is 19.2 Å². The Morgan fingerprint density at radius 1 is 1.27 bits per heavy atom. The molecule has 2 aromatic rings. The molecule has 5 heteroatoms. The highest BCUT2D eigenvalue weighted by Crippen LogP contribution is 2.28. The second-order valence-corrected chi connectivity index (χ2v) is 7.57. The number of ether oxygens (including phenoxy) is 2. The van der Waals surface area contributed by atoms with Crippen LogP contribution < -0.4 is 15.0 Å². The SMILES string of the molecule is CCCc1cn2c(nc1=O)O[C@H](COc1ccc(C(C)(C)CC)cc1)C2. The maximum atomic E-state index is 12.0. The molecule has 0 unspecified atom stereocenters. The van der Waals surface area contributed by atoms with Gasteiger partial charge in [-0.15, -0.1) is 0 Å². The third-order valence-electron chi connectivity index (χ3n) is 5.18. The summed E-state index contributed by atoms with van der Waals surface area (Å²) in [5.74, 6) is 0.828. The molecule has 1 aromatic carbocycles. The fraction of sp³-hybridized carbons (Fsp3) is 0.524. The van der Waals surface area contributed by atoms with Crippen LogP contribution in [0.25, 0.3) is 0 Å². The summed E-state index contributed by atoms with van der Waals surface area (Å²) in [4.78, 5) is 16.0. The standard InChI is InChI=1S/C21H28N2O3/c1-5-7-15-12-23-13-18(26-20(23)22-19(15)24)14-25-17-10-8-16(9-11-17)21(3,4)6-2/h8-12,18H,5-7,13-14H2,1-4H3/t18-/m0/s1. The van der Waals surface area contributed by atoms with Gasteiger partial charge in [0, 0.05) is 11.8 Å². The molecule has 0 aliphatic carbocycles. The van der Waals surface area contributed by atoms with Gasteiger partial charge >= 0.3 is 0 Å². The third kappa shape index (κ3) is 3.92. The lowest BCUT2D eigenvalue weighted by atomic mass is 9.82. The van der Waals surface area contributed by atoms with Crippen molar-refractivity contribution in [3.63, 3.8) is 0 Å². The highest BCUT2D eigenvalue weighted by atomic mass is 16.6. The average Bonchev–Trinajstić information content (AvgIpc) is 3.02. The number of hydrogen-bond acceptors (Lipinski definition) is 4. The van der Waals surface area contributed by atoms with E-state index in [9.17, 15) is 4.79 Å². The molecule has 1 aliphatic rings. The summed E-state index contributed by atoms with van der Waals surface area (Å²) >= 11 is 0. The summed E-state index contributed by atoms with van der Waals surface area (Å²) in [6, 6.07) is 8.66. The molecule has 1 atom stereocenters. The maximum absolute atomic E-state index is 12.0. The van der Waals surface area contributed by atoms with E-state index in [4.69, 9.17) is 9.47 Å². The topological polar surface area (TPSA) is 53.4 Å². The van der Waals surface area contributed by atoms with Crippen molar-refractivity contribution in [2.75, 3.05) is 6.61 Å². The first kappa shape index (κ1) is 18.5. The van der Waals surface area contributed by atoms with Gasteiger partial charge in [-0.05, 0) is 36.0 Å². The molecule has 0 saturated carbocycles. The van der Waals surface area contributed by atoms with E-state index in [2.05, 4.69) is 44.8 Å². The summed E-state index contributed by atoms with van der Waals surface area (Å²) < 4.78 is 13.6. The summed E-state index contributed by atoms with van der Waals surface area (Å²) in [5, 5.41) is 0. The lowest BCUT2D eigenvalue weighted by molar-refractivity contribution is 0.143. The van der Waals surface area contributed by atoms with E-state index in [1.807, 2.05) is 22.9 Å². The number of nitrogens with zero attached hydrogens (tertiary/aromatic N) is 2. The van der Waals surface area contributed by atoms with Crippen LogP contribution in [0.3, 0.4) is 0 Å². The molecule has 3 rings (SSSR count). The van der Waals surface area contributed by atoms with E-state index in [0.717, 1.165) is 30.6 Å². The van der Waals surface area contributed by atoms with E-state index >= 15 is 0 Å². The predicted octanol–water partition coefficient (Wildman–Crippen LogP) is 3.72. The number of fused-ring (bicyclic) bond motifs is 1. The molecule has 0 radical (unpaired) electrons. The Bertz CT molecular complexity index is 809. The Hall–Kier alpha value is -2.30. The van der Waals surface area contributed by atoms with Crippen LogP contribution in [-0.4, -0.2) is 22.3 Å². The average molecular weight is 356 g/mol. The smallest absolute Gasteiger partial charge is 0.300 e. The van der Waals surface area contributed by atoms with Crippen molar-refractivity contribution < 1.29 is 9.47 Å². The first-order chi connectivity index (χ1) is 12.4. The van der Waals surface area contributed by atoms with E-state index < -0.39 is 0 Å². The number of hydrogen-bond donors (Lipinski definition) is 0. The van der Waals surface area contributed by atoms with Gasteiger partial charge in [0.2, 0.25) is 0 Å². The van der Waals surface area contributed by atoms with Crippen molar-refractivity contribution in [1.29, 1.82) is 0 Å². The van der Waals surface area contributed by atoms with E-state index in [1.54, 1.807) is 0 Å². The Morgan fingerprint density at radius 2 is 2.00 bits per heavy atom. The minimum absolute atomic E-state index is 0.134. The molecule has 0 bridgehead atoms. The summed E-state index contributed by atoms with van der Waals surface area (Å²) in [7, 11) is 0. The lowest BCUT2D eigenvalue weighted by Crippen LogP contribution is -2.23. The zero-order chi connectivity index (χ0) is 18.7. The summed E-state index contributed by atoms with van der Waals surface area (Å²) in [5.41, 5.74) is 2.04. The molecule has 140 valence electrons. The van der Waals surface area contributed by atoms with E-state index in [1.165, 1.54) is 5.56 Å². The second kappa shape index (κ2) is 7.52. The van der Waals surface area contributed by atoms with Crippen LogP contribution >= 0.6 is 0 Å². The van der Waals surface area contributed by atoms with Gasteiger partial charge in [-0.3, -0.25) is 9.36 Å². The van der Waals surface area contributed by atoms with Gasteiger partial charge < -0.3 is 9.47 Å². The van der Waals surface area contributed by atoms with Gasteiger partial charge in [0.15, 0.2) is 6.10 Å². The first-order valence-corrected chi connectivity index (χ1v) is 9.43. The second-order valence-electron chi connectivity index (χ2n) is 7.57. The van der Waals surface area contributed by atoms with E-state index in [-0.39, 0.29) is 17.1 Å². The van der Waals surface area contributed by atoms with Crippen molar-refractivity contribution in [2.24, 2.45) is 0 Å². The third-order valence-corrected chi connectivity index (χ3v) is 5.18. The van der Waals surface area contributed by atoms with Crippen LogP contribution in [0.4, 0.5) is 0 Å². The fourth-order valence-electron chi connectivity index (χ4n) is 3.08. The van der Waals surface area contributed by atoms with Gasteiger partial charge in [0.25, 0.3) is 11.6 Å². The number of benzene rings is 1. The minimum Gasteiger partial charge on any atom is -0.490 e. The molecule has 0 spiro atoms. The molecule has 0 N–H and O–H groups in total. The Morgan fingerprint density at radius 3 is 2.65 bits per heavy atom. The lowest BCUT2D eigenvalue weighted by Gasteiger charge is -2.23. The van der Waals surface area contributed by atoms with Crippen LogP contribution in [0, 0.1) is 0 Å². The fourth-order valence-corrected chi connectivity index (χ4v) is 3.08. The first-order valence-electron chi connectivity index (χ1n) is 9.43. The van der Waals surface area contributed by atoms with Gasteiger partial charge in [-0.25, -0.2) is 0 Å². The normalized spacial score (nSPS) is 16.2. The Labute approximate surface area is 155 Å². The molecule has 2 heterocycles. The molecule has 0 fully saturated rings. The van der Waals surface area contributed by atoms with Gasteiger partial charge in [0.05, 0.1) is 6.54 Å². The number of rotatable bonds is 7. The summed E-state index contributed by atoms with van der Waals surface area (Å²) in [6.07, 6.45) is 4.50. The van der Waals surface area contributed by atoms with Gasteiger partial charge in [-0.2, -0.15) is 4.98 Å². The molecule has 5 nitrogen and oxygen atoms in total. The van der Waals surface area contributed by atoms with Crippen LogP contribution in [0.2, 0.25) is 0 Å². The number of aryl methyl sites for hydroxylation is 1. The van der Waals surface area contributed by atoms with Crippen molar-refractivity contribution in [1.82, 2.24) is 9.55 Å². The molecule has 26 heavy (non-hydrogen) atoms. The molecular formula is C21H28N2O3. The van der Waals surface area contributed by atoms with Crippen LogP contribution in [0.5, 0.6) is 11.8 Å². The van der Waals surface area contributed by atoms with Crippen LogP contribution in [0.15, 0.2) is 35.3 Å².